The van der Waals surface area contributed by atoms with E-state index >= 15 is 0 Å². The van der Waals surface area contributed by atoms with Crippen LogP contribution in [0.5, 0.6) is 0 Å². The largest absolute Gasteiger partial charge is 0.404 e. The molecule has 2 aromatic carbocycles. The van der Waals surface area contributed by atoms with Crippen LogP contribution in [0.1, 0.15) is 5.56 Å². The lowest BCUT2D eigenvalue weighted by Crippen LogP contribution is -2.27. The monoisotopic (exact) mass is 344 g/mol. The molecule has 6 nitrogen and oxygen atoms in total. The molecule has 0 bridgehead atoms. The Morgan fingerprint density at radius 2 is 1.73 bits per heavy atom. The maximum atomic E-state index is 12.6. The van der Waals surface area contributed by atoms with Crippen LogP contribution in [0.2, 0.25) is 0 Å². The summed E-state index contributed by atoms with van der Waals surface area (Å²) in [5.41, 5.74) is 2.59. The van der Waals surface area contributed by atoms with Gasteiger partial charge in [-0.2, -0.15) is 0 Å². The molecule has 0 atom stereocenters. The first-order chi connectivity index (χ1) is 12.8. The lowest BCUT2D eigenvalue weighted by molar-refractivity contribution is 0.0980. The van der Waals surface area contributed by atoms with E-state index in [2.05, 4.69) is 15.3 Å². The second kappa shape index (κ2) is 7.06. The number of nitrogens with one attached hydrogen (secondary N) is 1. The van der Waals surface area contributed by atoms with Gasteiger partial charge in [0.25, 0.3) is 5.56 Å². The number of hydrogen-bond donors (Lipinski definition) is 1. The number of pyridine rings is 1. The van der Waals surface area contributed by atoms with Crippen LogP contribution in [0.3, 0.4) is 0 Å². The molecular formula is C20H16N4O2. The van der Waals surface area contributed by atoms with E-state index < -0.39 is 0 Å². The summed E-state index contributed by atoms with van der Waals surface area (Å²) in [6.45, 7) is 0.269. The fourth-order valence-electron chi connectivity index (χ4n) is 2.66. The zero-order valence-corrected chi connectivity index (χ0v) is 13.9. The average molecular weight is 344 g/mol. The molecule has 0 aliphatic carbocycles. The molecule has 1 N–H and O–H groups in total. The minimum absolute atomic E-state index is 0.269. The van der Waals surface area contributed by atoms with Crippen LogP contribution in [-0.2, 0) is 6.61 Å². The second-order valence-electron chi connectivity index (χ2n) is 5.70. The standard InChI is InChI=1S/C20H16N4O2/c25-19-11-18(23-16-9-5-2-6-10-16)17-12-21-14-22-20(17)24(19)26-13-15-7-3-1-4-8-15/h1-12,14,23H,13H2. The quantitative estimate of drug-likeness (QED) is 0.602. The summed E-state index contributed by atoms with van der Waals surface area (Å²) < 4.78 is 1.21. The van der Waals surface area contributed by atoms with Crippen molar-refractivity contribution >= 4 is 22.4 Å². The van der Waals surface area contributed by atoms with Gasteiger partial charge in [0.1, 0.15) is 12.9 Å². The predicted molar refractivity (Wildman–Crippen MR) is 100 cm³/mol. The number of anilines is 2. The van der Waals surface area contributed by atoms with E-state index in [0.717, 1.165) is 11.3 Å². The van der Waals surface area contributed by atoms with Crippen LogP contribution in [0, 0.1) is 0 Å². The third-order valence-electron chi connectivity index (χ3n) is 3.90. The fraction of sp³-hybridized carbons (Fsp3) is 0.0500. The molecule has 4 aromatic rings. The second-order valence-corrected chi connectivity index (χ2v) is 5.70. The van der Waals surface area contributed by atoms with Gasteiger partial charge in [-0.05, 0) is 17.7 Å². The van der Waals surface area contributed by atoms with E-state index in [1.807, 2.05) is 60.7 Å². The maximum Gasteiger partial charge on any atom is 0.287 e. The molecular weight excluding hydrogens is 328 g/mol. The predicted octanol–water partition coefficient (Wildman–Crippen LogP) is 3.16. The highest BCUT2D eigenvalue weighted by Crippen LogP contribution is 2.22. The van der Waals surface area contributed by atoms with Crippen molar-refractivity contribution in [1.82, 2.24) is 14.7 Å². The third kappa shape index (κ3) is 3.25. The van der Waals surface area contributed by atoms with Crippen molar-refractivity contribution < 1.29 is 4.84 Å². The fourth-order valence-corrected chi connectivity index (χ4v) is 2.66. The molecule has 0 aliphatic heterocycles. The lowest BCUT2D eigenvalue weighted by Gasteiger charge is -2.14. The zero-order chi connectivity index (χ0) is 17.8. The number of benzene rings is 2. The molecule has 0 unspecified atom stereocenters. The molecule has 6 heteroatoms. The van der Waals surface area contributed by atoms with E-state index in [-0.39, 0.29) is 12.2 Å². The van der Waals surface area contributed by atoms with Crippen molar-refractivity contribution in [3.05, 3.63) is 95.2 Å². The molecule has 26 heavy (non-hydrogen) atoms. The summed E-state index contributed by atoms with van der Waals surface area (Å²) in [7, 11) is 0. The third-order valence-corrected chi connectivity index (χ3v) is 3.90. The average Bonchev–Trinajstić information content (AvgIpc) is 2.69. The number of nitrogens with zero attached hydrogens (tertiary/aromatic N) is 3. The summed E-state index contributed by atoms with van der Waals surface area (Å²) in [6, 6.07) is 20.8. The summed E-state index contributed by atoms with van der Waals surface area (Å²) >= 11 is 0. The Balaban J connectivity index is 1.72. The van der Waals surface area contributed by atoms with Crippen molar-refractivity contribution in [2.75, 3.05) is 5.32 Å². The molecule has 128 valence electrons. The van der Waals surface area contributed by atoms with E-state index in [1.54, 1.807) is 6.20 Å². The van der Waals surface area contributed by atoms with Crippen molar-refractivity contribution in [2.45, 2.75) is 6.61 Å². The van der Waals surface area contributed by atoms with Crippen LogP contribution in [0.15, 0.2) is 84.0 Å². The van der Waals surface area contributed by atoms with E-state index in [9.17, 15) is 4.79 Å². The first-order valence-corrected chi connectivity index (χ1v) is 8.16. The molecule has 0 fully saturated rings. The van der Waals surface area contributed by atoms with Gasteiger partial charge in [-0.15, -0.1) is 4.73 Å². The zero-order valence-electron chi connectivity index (χ0n) is 13.9. The van der Waals surface area contributed by atoms with Gasteiger partial charge >= 0.3 is 0 Å². The number of hydrogen-bond acceptors (Lipinski definition) is 5. The lowest BCUT2D eigenvalue weighted by atomic mass is 10.2. The van der Waals surface area contributed by atoms with Gasteiger partial charge in [-0.1, -0.05) is 48.5 Å². The van der Waals surface area contributed by atoms with Crippen LogP contribution in [-0.4, -0.2) is 14.7 Å². The minimum Gasteiger partial charge on any atom is -0.404 e. The highest BCUT2D eigenvalue weighted by molar-refractivity contribution is 5.90. The minimum atomic E-state index is -0.300. The Hall–Kier alpha value is -3.67. The molecule has 2 heterocycles. The van der Waals surface area contributed by atoms with Gasteiger partial charge in [0.05, 0.1) is 11.1 Å². The van der Waals surface area contributed by atoms with Gasteiger partial charge < -0.3 is 10.2 Å². The summed E-state index contributed by atoms with van der Waals surface area (Å²) in [6.07, 6.45) is 3.06. The number of rotatable bonds is 5. The topological polar surface area (TPSA) is 69.0 Å². The van der Waals surface area contributed by atoms with Crippen LogP contribution < -0.4 is 15.7 Å². The van der Waals surface area contributed by atoms with E-state index in [1.165, 1.54) is 17.1 Å². The SMILES string of the molecule is O=c1cc(Nc2ccccc2)c2cncnc2n1OCc1ccccc1. The molecule has 4 rings (SSSR count). The number of aromatic nitrogens is 3. The smallest absolute Gasteiger partial charge is 0.287 e. The van der Waals surface area contributed by atoms with Crippen molar-refractivity contribution in [3.63, 3.8) is 0 Å². The van der Waals surface area contributed by atoms with Gasteiger partial charge in [0.2, 0.25) is 0 Å². The molecule has 0 spiro atoms. The maximum absolute atomic E-state index is 12.6. The first kappa shape index (κ1) is 15.8. The van der Waals surface area contributed by atoms with Crippen molar-refractivity contribution in [1.29, 1.82) is 0 Å². The summed E-state index contributed by atoms with van der Waals surface area (Å²) in [4.78, 5) is 26.7. The summed E-state index contributed by atoms with van der Waals surface area (Å²) in [5, 5.41) is 3.94. The summed E-state index contributed by atoms with van der Waals surface area (Å²) in [5.74, 6) is 0. The normalized spacial score (nSPS) is 10.6. The van der Waals surface area contributed by atoms with E-state index in [4.69, 9.17) is 4.84 Å². The highest BCUT2D eigenvalue weighted by atomic mass is 16.7. The molecule has 2 aromatic heterocycles. The molecule has 0 amide bonds. The van der Waals surface area contributed by atoms with Gasteiger partial charge in [-0.3, -0.25) is 4.79 Å². The highest BCUT2D eigenvalue weighted by Gasteiger charge is 2.11. The van der Waals surface area contributed by atoms with Gasteiger partial charge in [-0.25, -0.2) is 9.97 Å². The molecule has 0 aliphatic rings. The Morgan fingerprint density at radius 1 is 1.00 bits per heavy atom. The van der Waals surface area contributed by atoms with Gasteiger partial charge in [0.15, 0.2) is 5.65 Å². The molecule has 0 radical (unpaired) electrons. The number of para-hydroxylation sites is 1. The Kier molecular flexibility index (Phi) is 4.30. The van der Waals surface area contributed by atoms with Crippen LogP contribution in [0.4, 0.5) is 11.4 Å². The van der Waals surface area contributed by atoms with Gasteiger partial charge in [0, 0.05) is 18.0 Å². The van der Waals surface area contributed by atoms with Crippen LogP contribution in [0.25, 0.3) is 11.0 Å². The van der Waals surface area contributed by atoms with Crippen LogP contribution >= 0.6 is 0 Å². The number of fused-ring (bicyclic) bond motifs is 1. The first-order valence-electron chi connectivity index (χ1n) is 8.16. The van der Waals surface area contributed by atoms with E-state index in [0.29, 0.717) is 16.7 Å². The Labute approximate surface area is 149 Å². The van der Waals surface area contributed by atoms with Crippen molar-refractivity contribution in [2.24, 2.45) is 0 Å². The molecule has 0 saturated heterocycles. The Morgan fingerprint density at radius 3 is 2.50 bits per heavy atom. The van der Waals surface area contributed by atoms with Crippen molar-refractivity contribution in [3.8, 4) is 0 Å². The molecule has 0 saturated carbocycles. The Bertz CT molecular complexity index is 1080.